The lowest BCUT2D eigenvalue weighted by molar-refractivity contribution is -0.148. The van der Waals surface area contributed by atoms with Gasteiger partial charge in [0.1, 0.15) is 17.6 Å². The molecule has 80 valence electrons. The lowest BCUT2D eigenvalue weighted by atomic mass is 9.68. The molecule has 3 heteroatoms. The Labute approximate surface area is 94.2 Å². The lowest BCUT2D eigenvalue weighted by Crippen LogP contribution is -2.52. The standard InChI is InChI=1S/C12H13ClO2/c1-12(2)10(14)7-11(12)15-9-5-3-4-8(13)6-9/h3-6,11H,7H2,1-2H3. The van der Waals surface area contributed by atoms with Gasteiger partial charge in [-0.25, -0.2) is 0 Å². The van der Waals surface area contributed by atoms with Crippen LogP contribution in [-0.2, 0) is 4.79 Å². The second-order valence-electron chi connectivity index (χ2n) is 4.41. The van der Waals surface area contributed by atoms with E-state index in [1.807, 2.05) is 26.0 Å². The summed E-state index contributed by atoms with van der Waals surface area (Å²) in [6, 6.07) is 7.25. The quantitative estimate of drug-likeness (QED) is 0.772. The van der Waals surface area contributed by atoms with E-state index < -0.39 is 0 Å². The van der Waals surface area contributed by atoms with Gasteiger partial charge in [0.2, 0.25) is 0 Å². The maximum absolute atomic E-state index is 11.3. The number of ether oxygens (including phenoxy) is 1. The van der Waals surface area contributed by atoms with E-state index in [1.165, 1.54) is 0 Å². The van der Waals surface area contributed by atoms with Crippen molar-refractivity contribution in [3.05, 3.63) is 29.3 Å². The molecule has 0 amide bonds. The second kappa shape index (κ2) is 3.53. The van der Waals surface area contributed by atoms with Crippen LogP contribution in [0.4, 0.5) is 0 Å². The molecule has 1 aromatic rings. The van der Waals surface area contributed by atoms with Crippen LogP contribution in [0.5, 0.6) is 5.75 Å². The van der Waals surface area contributed by atoms with Gasteiger partial charge in [-0.1, -0.05) is 17.7 Å². The minimum Gasteiger partial charge on any atom is -0.489 e. The molecule has 1 aliphatic rings. The average molecular weight is 225 g/mol. The van der Waals surface area contributed by atoms with Crippen molar-refractivity contribution in [1.29, 1.82) is 0 Å². The number of Topliss-reactive ketones (excluding diaryl/α,β-unsaturated/α-hetero) is 1. The van der Waals surface area contributed by atoms with Gasteiger partial charge in [0.05, 0.1) is 5.41 Å². The third kappa shape index (κ3) is 1.86. The third-order valence-corrected chi connectivity index (χ3v) is 3.20. The highest BCUT2D eigenvalue weighted by Crippen LogP contribution is 2.39. The van der Waals surface area contributed by atoms with Crippen molar-refractivity contribution in [2.45, 2.75) is 26.4 Å². The normalized spacial score (nSPS) is 23.4. The minimum atomic E-state index is -0.359. The topological polar surface area (TPSA) is 26.3 Å². The Kier molecular flexibility index (Phi) is 2.47. The molecule has 0 heterocycles. The molecule has 0 bridgehead atoms. The van der Waals surface area contributed by atoms with E-state index in [-0.39, 0.29) is 17.3 Å². The monoisotopic (exact) mass is 224 g/mol. The predicted octanol–water partition coefficient (Wildman–Crippen LogP) is 3.09. The molecule has 1 fully saturated rings. The van der Waals surface area contributed by atoms with Crippen LogP contribution in [0.15, 0.2) is 24.3 Å². The first-order valence-electron chi connectivity index (χ1n) is 4.95. The molecule has 0 aromatic heterocycles. The first-order chi connectivity index (χ1) is 7.00. The molecule has 0 aliphatic heterocycles. The van der Waals surface area contributed by atoms with E-state index in [4.69, 9.17) is 16.3 Å². The number of rotatable bonds is 2. The molecule has 1 aliphatic carbocycles. The van der Waals surface area contributed by atoms with Crippen molar-refractivity contribution in [2.24, 2.45) is 5.41 Å². The van der Waals surface area contributed by atoms with Gasteiger partial charge in [0, 0.05) is 11.4 Å². The van der Waals surface area contributed by atoms with Crippen molar-refractivity contribution >= 4 is 17.4 Å². The third-order valence-electron chi connectivity index (χ3n) is 2.97. The van der Waals surface area contributed by atoms with Crippen molar-refractivity contribution in [3.63, 3.8) is 0 Å². The first-order valence-corrected chi connectivity index (χ1v) is 5.33. The number of carbonyl (C=O) groups excluding carboxylic acids is 1. The fraction of sp³-hybridized carbons (Fsp3) is 0.417. The average Bonchev–Trinajstić information content (AvgIpc) is 2.17. The van der Waals surface area contributed by atoms with Gasteiger partial charge in [-0.3, -0.25) is 4.79 Å². The van der Waals surface area contributed by atoms with E-state index in [0.29, 0.717) is 11.4 Å². The van der Waals surface area contributed by atoms with Gasteiger partial charge >= 0.3 is 0 Å². The summed E-state index contributed by atoms with van der Waals surface area (Å²) >= 11 is 5.84. The fourth-order valence-corrected chi connectivity index (χ4v) is 1.81. The Morgan fingerprint density at radius 2 is 2.20 bits per heavy atom. The Hall–Kier alpha value is -1.02. The van der Waals surface area contributed by atoms with Gasteiger partial charge in [-0.15, -0.1) is 0 Å². The Morgan fingerprint density at radius 1 is 1.47 bits per heavy atom. The van der Waals surface area contributed by atoms with E-state index in [0.717, 1.165) is 5.75 Å². The zero-order valence-corrected chi connectivity index (χ0v) is 9.54. The van der Waals surface area contributed by atoms with Gasteiger partial charge in [0.15, 0.2) is 0 Å². The summed E-state index contributed by atoms with van der Waals surface area (Å²) in [5.74, 6) is 0.989. The van der Waals surface area contributed by atoms with Crippen molar-refractivity contribution < 1.29 is 9.53 Å². The van der Waals surface area contributed by atoms with Crippen LogP contribution in [0.25, 0.3) is 0 Å². The van der Waals surface area contributed by atoms with Crippen LogP contribution < -0.4 is 4.74 Å². The van der Waals surface area contributed by atoms with Crippen LogP contribution in [0.2, 0.25) is 5.02 Å². The summed E-state index contributed by atoms with van der Waals surface area (Å²) in [4.78, 5) is 11.3. The highest BCUT2D eigenvalue weighted by atomic mass is 35.5. The number of ketones is 1. The molecule has 1 unspecified atom stereocenters. The molecule has 0 spiro atoms. The van der Waals surface area contributed by atoms with E-state index in [9.17, 15) is 4.79 Å². The molecule has 0 saturated heterocycles. The second-order valence-corrected chi connectivity index (χ2v) is 4.85. The number of halogens is 1. The van der Waals surface area contributed by atoms with Gasteiger partial charge in [-0.2, -0.15) is 0 Å². The van der Waals surface area contributed by atoms with E-state index in [2.05, 4.69) is 0 Å². The van der Waals surface area contributed by atoms with Crippen LogP contribution in [0.1, 0.15) is 20.3 Å². The van der Waals surface area contributed by atoms with E-state index in [1.54, 1.807) is 12.1 Å². The smallest absolute Gasteiger partial charge is 0.145 e. The SMILES string of the molecule is CC1(C)C(=O)CC1Oc1cccc(Cl)c1. The lowest BCUT2D eigenvalue weighted by Gasteiger charge is -2.41. The molecule has 0 N–H and O–H groups in total. The Bertz CT molecular complexity index is 398. The number of benzene rings is 1. The van der Waals surface area contributed by atoms with Crippen molar-refractivity contribution in [1.82, 2.24) is 0 Å². The summed E-state index contributed by atoms with van der Waals surface area (Å²) in [5.41, 5.74) is -0.359. The summed E-state index contributed by atoms with van der Waals surface area (Å²) in [5, 5.41) is 0.649. The minimum absolute atomic E-state index is 0.0246. The number of hydrogen-bond donors (Lipinski definition) is 0. The highest BCUT2D eigenvalue weighted by Gasteiger charge is 2.49. The molecule has 0 radical (unpaired) electrons. The zero-order chi connectivity index (χ0) is 11.1. The van der Waals surface area contributed by atoms with Crippen LogP contribution >= 0.6 is 11.6 Å². The van der Waals surface area contributed by atoms with Gasteiger partial charge in [0.25, 0.3) is 0 Å². The number of hydrogen-bond acceptors (Lipinski definition) is 2. The largest absolute Gasteiger partial charge is 0.489 e. The molecule has 1 atom stereocenters. The molecule has 2 rings (SSSR count). The molecule has 1 aromatic carbocycles. The maximum atomic E-state index is 11.3. The molecule has 15 heavy (non-hydrogen) atoms. The van der Waals surface area contributed by atoms with Crippen LogP contribution in [0.3, 0.4) is 0 Å². The molecular formula is C12H13ClO2. The first kappa shape index (κ1) is 10.5. The Morgan fingerprint density at radius 3 is 2.73 bits per heavy atom. The van der Waals surface area contributed by atoms with E-state index >= 15 is 0 Å². The molecule has 1 saturated carbocycles. The van der Waals surface area contributed by atoms with Crippen LogP contribution in [-0.4, -0.2) is 11.9 Å². The fourth-order valence-electron chi connectivity index (χ4n) is 1.63. The summed E-state index contributed by atoms with van der Waals surface area (Å²) < 4.78 is 5.71. The molecule has 2 nitrogen and oxygen atoms in total. The van der Waals surface area contributed by atoms with Crippen LogP contribution in [0, 0.1) is 5.41 Å². The number of carbonyl (C=O) groups is 1. The van der Waals surface area contributed by atoms with Gasteiger partial charge in [-0.05, 0) is 32.0 Å². The maximum Gasteiger partial charge on any atom is 0.145 e. The van der Waals surface area contributed by atoms with Gasteiger partial charge < -0.3 is 4.74 Å². The summed E-state index contributed by atoms with van der Waals surface area (Å²) in [6.45, 7) is 3.82. The highest BCUT2D eigenvalue weighted by molar-refractivity contribution is 6.30. The van der Waals surface area contributed by atoms with Crippen molar-refractivity contribution in [2.75, 3.05) is 0 Å². The Balaban J connectivity index is 2.08. The van der Waals surface area contributed by atoms with Crippen molar-refractivity contribution in [3.8, 4) is 5.75 Å². The predicted molar refractivity (Wildman–Crippen MR) is 59.3 cm³/mol. The summed E-state index contributed by atoms with van der Waals surface area (Å²) in [7, 11) is 0. The molecular weight excluding hydrogens is 212 g/mol. The zero-order valence-electron chi connectivity index (χ0n) is 8.79. The summed E-state index contributed by atoms with van der Waals surface area (Å²) in [6.07, 6.45) is 0.475.